The van der Waals surface area contributed by atoms with Gasteiger partial charge in [0, 0.05) is 66.2 Å². The van der Waals surface area contributed by atoms with Crippen molar-refractivity contribution in [1.29, 1.82) is 10.5 Å². The van der Waals surface area contributed by atoms with Crippen molar-refractivity contribution in [3.63, 3.8) is 0 Å². The standard InChI is InChI=1S/C49H41N9O15S6.C42H34ClN9O12S5/c1-29-41(27-50)46(51-34-15-19-37(20-16-34)76(62,63)70-2)54-47(52-35-17-21-38(22-18-35)77(64,65)71-3)44(29)56-58-49-53-45(33-13-11-32(12-14-33)31-9-7-6-8-10-31)48(74-49)57-55-36-25-40-39(43(26-36)79(68,69)73-5)23-30(28-75(59,60)61)24-42(40)78(66,67)72-4;1-24-35(22-44)39(45-29-9-14-32(15-10-29)67(56,57)62-2)48-40(46-30-11-16-33(17-12-30)68(58,59)63-3)37(24)50-52-42-47-38(26-5-7-28(43)8-6-26)41(65-42)51-49-31-13-18-34-27(21-31)19-25(23-66(53,54)55)20-36(34)69(60,61)64-4/h6-26H,28H2,1-5H3,(H2,51,52,54)(H,59,60,61);5-21H,23H2,1-4H3,(H2,45,46,48)(H,53,54,55). The molecule has 6 N–H and O–H groups in total. The van der Waals surface area contributed by atoms with Gasteiger partial charge >= 0.3 is 0 Å². The van der Waals surface area contributed by atoms with Crippen molar-refractivity contribution in [2.75, 3.05) is 71.0 Å². The second-order valence-corrected chi connectivity index (χ2v) is 47.8. The lowest BCUT2D eigenvalue weighted by atomic mass is 10.0. The van der Waals surface area contributed by atoms with E-state index in [9.17, 15) is 95.4 Å². The van der Waals surface area contributed by atoms with Crippen LogP contribution in [-0.4, -0.2) is 155 Å². The lowest BCUT2D eigenvalue weighted by Crippen LogP contribution is -2.09. The molecule has 4 aromatic heterocycles. The van der Waals surface area contributed by atoms with E-state index in [1.165, 1.54) is 127 Å². The molecule has 0 spiro atoms. The summed E-state index contributed by atoms with van der Waals surface area (Å²) in [6.45, 7) is 3.16. The zero-order chi connectivity index (χ0) is 107. The van der Waals surface area contributed by atoms with Gasteiger partial charge in [0.05, 0.1) is 91.9 Å². The quantitative estimate of drug-likeness (QED) is 0.0120. The highest BCUT2D eigenvalue weighted by Crippen LogP contribution is 2.48. The Morgan fingerprint density at radius 1 is 0.331 bits per heavy atom. The van der Waals surface area contributed by atoms with Gasteiger partial charge in [-0.05, 0) is 199 Å². The summed E-state index contributed by atoms with van der Waals surface area (Å²) in [5.41, 5.74) is 4.93. The van der Waals surface area contributed by atoms with Crippen LogP contribution in [-0.2, 0) is 132 Å². The maximum absolute atomic E-state index is 13.5. The van der Waals surface area contributed by atoms with Gasteiger partial charge in [-0.15, -0.1) is 40.9 Å². The van der Waals surface area contributed by atoms with E-state index in [1.54, 1.807) is 50.2 Å². The topological polar surface area (TPSA) is 658 Å². The average Bonchev–Trinajstić information content (AvgIpc) is 1.03. The number of thiazole rings is 2. The molecule has 0 aliphatic heterocycles. The van der Waals surface area contributed by atoms with Crippen LogP contribution in [0.25, 0.3) is 55.2 Å². The van der Waals surface area contributed by atoms with Gasteiger partial charge in [-0.1, -0.05) is 107 Å². The molecule has 0 amide bonds. The molecule has 0 saturated carbocycles. The van der Waals surface area contributed by atoms with E-state index in [0.717, 1.165) is 108 Å². The highest BCUT2D eigenvalue weighted by atomic mass is 35.5. The summed E-state index contributed by atoms with van der Waals surface area (Å²) >= 11 is 8.02. The molecule has 11 aromatic carbocycles. The molecule has 45 nitrogen and oxygen atoms in total. The first kappa shape index (κ1) is 109. The highest BCUT2D eigenvalue weighted by molar-refractivity contribution is 7.89. The normalized spacial score (nSPS) is 12.5. The number of hydrogen-bond donors (Lipinski definition) is 6. The monoisotopic (exact) mass is 2240 g/mol. The van der Waals surface area contributed by atoms with Crippen molar-refractivity contribution in [1.82, 2.24) is 19.9 Å². The number of fused-ring (bicyclic) bond motifs is 2. The van der Waals surface area contributed by atoms with E-state index < -0.39 is 112 Å². The Hall–Kier alpha value is -14.4. The van der Waals surface area contributed by atoms with Crippen molar-refractivity contribution < 1.29 is 114 Å². The van der Waals surface area contributed by atoms with E-state index in [4.69, 9.17) is 29.1 Å². The molecule has 15 aromatic rings. The molecule has 148 heavy (non-hydrogen) atoms. The molecular formula is C91H75ClN18O27S11. The summed E-state index contributed by atoms with van der Waals surface area (Å²) in [6.07, 6.45) is 0. The number of azo groups is 4. The Labute approximate surface area is 859 Å². The van der Waals surface area contributed by atoms with Crippen LogP contribution in [0.1, 0.15) is 33.4 Å². The van der Waals surface area contributed by atoms with Crippen LogP contribution in [0, 0.1) is 36.5 Å². The van der Waals surface area contributed by atoms with Crippen LogP contribution < -0.4 is 21.3 Å². The predicted octanol–water partition coefficient (Wildman–Crippen LogP) is 20.2. The molecule has 764 valence electrons. The number of benzene rings is 11. The van der Waals surface area contributed by atoms with E-state index in [0.29, 0.717) is 44.6 Å². The molecule has 0 radical (unpaired) electrons. The minimum absolute atomic E-state index is 0.00111. The largest absolute Gasteiger partial charge is 0.339 e. The van der Waals surface area contributed by atoms with E-state index in [-0.39, 0.29) is 151 Å². The molecule has 0 atom stereocenters. The molecule has 57 heteroatoms. The second-order valence-electron chi connectivity index (χ2n) is 30.6. The number of pyridine rings is 2. The maximum Gasteiger partial charge on any atom is 0.297 e. The summed E-state index contributed by atoms with van der Waals surface area (Å²) in [7, 11) is -32.4. The Kier molecular flexibility index (Phi) is 33.0. The zero-order valence-electron chi connectivity index (χ0n) is 77.6. The summed E-state index contributed by atoms with van der Waals surface area (Å²) in [5, 5.41) is 69.2. The Balaban J connectivity index is 0.000000236. The zero-order valence-corrected chi connectivity index (χ0v) is 87.3. The lowest BCUT2D eigenvalue weighted by Gasteiger charge is -2.16. The average molecular weight is 2240 g/mol. The number of nitriles is 2. The molecule has 4 heterocycles. The summed E-state index contributed by atoms with van der Waals surface area (Å²) in [4.78, 5) is 16.6. The van der Waals surface area contributed by atoms with E-state index >= 15 is 0 Å². The number of rotatable bonds is 37. The van der Waals surface area contributed by atoms with Gasteiger partial charge in [0.25, 0.3) is 91.1 Å². The molecule has 15 rings (SSSR count). The fourth-order valence-corrected chi connectivity index (χ4v) is 22.2. The molecule has 0 bridgehead atoms. The van der Waals surface area contributed by atoms with Crippen molar-refractivity contribution in [2.45, 2.75) is 59.6 Å². The Morgan fingerprint density at radius 3 is 1.03 bits per heavy atom. The number of anilines is 8. The van der Waals surface area contributed by atoms with Gasteiger partial charge in [0.15, 0.2) is 33.3 Å². The lowest BCUT2D eigenvalue weighted by molar-refractivity contribution is 0.396. The molecule has 0 fully saturated rings. The Bertz CT molecular complexity index is 9120. The number of halogens is 1. The summed E-state index contributed by atoms with van der Waals surface area (Å²) in [6, 6.07) is 60.5. The SMILES string of the molecule is COS(=O)(=O)c1ccc(Nc2nc(Nc3ccc(S(=O)(=O)OC)cc3)c(N=Nc3nc(-c4ccc(-c5ccccc5)cc4)c(N=Nc4cc(S(=O)(=O)OC)c5cc(CS(=O)(=O)O)cc(S(=O)(=O)OC)c5c4)s3)c(C)c2C#N)cc1.COS(=O)(=O)c1ccc(Nc2nc(Nc3ccc(S(=O)(=O)OC)cc3)c(N=Nc3nc(-c4ccc(Cl)cc4)c(N=Nc4ccc5c(S(=O)(=O)OC)cc(CS(=O)(=O)O)cc5c4)s3)c(C)c2C#N)cc1. The minimum Gasteiger partial charge on any atom is -0.339 e. The fraction of sp³-hybridized carbons (Fsp3) is 0.121. The second kappa shape index (κ2) is 44.7. The first-order chi connectivity index (χ1) is 70.0. The number of nitrogens with zero attached hydrogens (tertiary/aromatic N) is 14. The van der Waals surface area contributed by atoms with Crippen LogP contribution in [0.3, 0.4) is 0 Å². The smallest absolute Gasteiger partial charge is 0.297 e. The van der Waals surface area contributed by atoms with Crippen LogP contribution in [0.2, 0.25) is 5.02 Å². The third-order valence-electron chi connectivity index (χ3n) is 21.3. The third kappa shape index (κ3) is 25.7. The van der Waals surface area contributed by atoms with Gasteiger partial charge in [0.2, 0.25) is 10.3 Å². The predicted molar refractivity (Wildman–Crippen MR) is 546 cm³/mol. The van der Waals surface area contributed by atoms with E-state index in [1.807, 2.05) is 42.5 Å². The number of aromatic nitrogens is 4. The fourth-order valence-electron chi connectivity index (χ4n) is 14.1. The van der Waals surface area contributed by atoms with Crippen LogP contribution in [0.15, 0.2) is 306 Å². The van der Waals surface area contributed by atoms with Gasteiger partial charge in [-0.3, -0.25) is 38.4 Å². The first-order valence-corrected chi connectivity index (χ1v) is 56.8. The van der Waals surface area contributed by atoms with Crippen LogP contribution in [0.5, 0.6) is 0 Å². The van der Waals surface area contributed by atoms with Crippen molar-refractivity contribution in [3.8, 4) is 45.8 Å². The van der Waals surface area contributed by atoms with Gasteiger partial charge in [0.1, 0.15) is 61.1 Å². The third-order valence-corrected chi connectivity index (χ3v) is 33.7. The van der Waals surface area contributed by atoms with Gasteiger partial charge in [-0.25, -0.2) is 19.9 Å². The maximum atomic E-state index is 13.5. The van der Waals surface area contributed by atoms with Crippen LogP contribution in [0.4, 0.5) is 89.0 Å². The number of hydrogen-bond acceptors (Lipinski definition) is 45. The van der Waals surface area contributed by atoms with E-state index in [2.05, 4.69) is 106 Å². The van der Waals surface area contributed by atoms with Gasteiger partial charge in [-0.2, -0.15) is 86.3 Å². The first-order valence-electron chi connectivity index (χ1n) is 41.7. The minimum atomic E-state index is -4.75. The molecular weight excluding hydrogens is 2170 g/mol. The molecule has 0 aliphatic rings. The van der Waals surface area contributed by atoms with Crippen molar-refractivity contribution in [2.24, 2.45) is 40.9 Å². The summed E-state index contributed by atoms with van der Waals surface area (Å²) in [5.74, 6) is -1.87. The Morgan fingerprint density at radius 2 is 0.662 bits per heavy atom. The molecule has 0 saturated heterocycles. The highest BCUT2D eigenvalue weighted by Gasteiger charge is 2.31. The van der Waals surface area contributed by atoms with Crippen molar-refractivity contribution in [3.05, 3.63) is 269 Å². The van der Waals surface area contributed by atoms with Gasteiger partial charge < -0.3 is 21.3 Å². The summed E-state index contributed by atoms with van der Waals surface area (Å²) < 4.78 is 277. The van der Waals surface area contributed by atoms with Crippen molar-refractivity contribution >= 4 is 236 Å². The molecule has 0 aliphatic carbocycles. The van der Waals surface area contributed by atoms with Crippen LogP contribution >= 0.6 is 34.3 Å². The molecule has 0 unspecified atom stereocenters. The number of nitrogens with one attached hydrogen (secondary N) is 4.